The van der Waals surface area contributed by atoms with Gasteiger partial charge in [-0.2, -0.15) is 0 Å². The molecule has 2 aliphatic heterocycles. The van der Waals surface area contributed by atoms with E-state index in [0.29, 0.717) is 32.0 Å². The highest BCUT2D eigenvalue weighted by Crippen LogP contribution is 2.20. The van der Waals surface area contributed by atoms with Crippen molar-refractivity contribution in [3.63, 3.8) is 0 Å². The summed E-state index contributed by atoms with van der Waals surface area (Å²) in [6.07, 6.45) is 1.26. The Morgan fingerprint density at radius 1 is 1.30 bits per heavy atom. The number of morpholine rings is 1. The molecule has 0 saturated carbocycles. The number of carbonyl (C=O) groups is 2. The minimum Gasteiger partial charge on any atom is -0.483 e. The number of carboxylic acid groups (broad SMARTS) is 1. The second kappa shape index (κ2) is 8.47. The van der Waals surface area contributed by atoms with E-state index in [2.05, 4.69) is 9.88 Å². The lowest BCUT2D eigenvalue weighted by molar-refractivity contribution is -0.122. The standard InChI is InChI=1S/C17H22N4O3.CH2O2/c1-12-3-2-4-16-18-13(9-21(12)16)17(23)20-10-14(15(22)11-20)19-5-7-24-8-6-19;2-1-3/h2-4,9,14-15,22H,5-8,10-11H2,1H3;1H,(H,2,3)/t14-,15-;/m1./s1. The fourth-order valence-corrected chi connectivity index (χ4v) is 3.62. The van der Waals surface area contributed by atoms with Gasteiger partial charge in [-0.3, -0.25) is 14.5 Å². The van der Waals surface area contributed by atoms with Crippen LogP contribution in [0.15, 0.2) is 24.4 Å². The van der Waals surface area contributed by atoms with Crippen LogP contribution in [0.25, 0.3) is 5.65 Å². The Balaban J connectivity index is 0.000000659. The van der Waals surface area contributed by atoms with Crippen molar-refractivity contribution < 1.29 is 24.5 Å². The molecule has 146 valence electrons. The largest absolute Gasteiger partial charge is 0.483 e. The maximum Gasteiger partial charge on any atom is 0.290 e. The number of hydrogen-bond donors (Lipinski definition) is 2. The van der Waals surface area contributed by atoms with Crippen LogP contribution in [0.3, 0.4) is 0 Å². The van der Waals surface area contributed by atoms with Crippen LogP contribution in [0.2, 0.25) is 0 Å². The number of rotatable bonds is 2. The number of fused-ring (bicyclic) bond motifs is 1. The molecule has 9 nitrogen and oxygen atoms in total. The molecule has 2 fully saturated rings. The van der Waals surface area contributed by atoms with E-state index in [9.17, 15) is 9.90 Å². The van der Waals surface area contributed by atoms with Gasteiger partial charge in [0.1, 0.15) is 11.3 Å². The first kappa shape index (κ1) is 19.3. The summed E-state index contributed by atoms with van der Waals surface area (Å²) < 4.78 is 7.28. The third-order valence-corrected chi connectivity index (χ3v) is 4.98. The van der Waals surface area contributed by atoms with E-state index >= 15 is 0 Å². The number of likely N-dealkylation sites (tertiary alicyclic amines) is 1. The van der Waals surface area contributed by atoms with Gasteiger partial charge in [-0.25, -0.2) is 4.98 Å². The van der Waals surface area contributed by atoms with Crippen molar-refractivity contribution in [2.45, 2.75) is 19.1 Å². The molecule has 0 unspecified atom stereocenters. The third kappa shape index (κ3) is 4.10. The quantitative estimate of drug-likeness (QED) is 0.703. The minimum absolute atomic E-state index is 0.0170. The van der Waals surface area contributed by atoms with Gasteiger partial charge in [0.2, 0.25) is 0 Å². The summed E-state index contributed by atoms with van der Waals surface area (Å²) >= 11 is 0. The Kier molecular flexibility index (Phi) is 6.04. The Morgan fingerprint density at radius 3 is 2.67 bits per heavy atom. The number of carbonyl (C=O) groups excluding carboxylic acids is 1. The molecule has 27 heavy (non-hydrogen) atoms. The minimum atomic E-state index is -0.522. The number of aliphatic hydroxyl groups excluding tert-OH is 1. The van der Waals surface area contributed by atoms with E-state index in [1.54, 1.807) is 11.1 Å². The van der Waals surface area contributed by atoms with Gasteiger partial charge in [0.05, 0.1) is 25.4 Å². The summed E-state index contributed by atoms with van der Waals surface area (Å²) in [5, 5.41) is 17.3. The summed E-state index contributed by atoms with van der Waals surface area (Å²) in [6, 6.07) is 5.78. The highest BCUT2D eigenvalue weighted by molar-refractivity contribution is 5.93. The molecule has 2 aromatic rings. The number of β-amino-alcohol motifs (C(OH)–C–C–N with tert-alkyl or cyclic N) is 1. The molecule has 4 heterocycles. The van der Waals surface area contributed by atoms with Gasteiger partial charge in [0, 0.05) is 38.1 Å². The number of hydrogen-bond acceptors (Lipinski definition) is 6. The monoisotopic (exact) mass is 376 g/mol. The number of imidazole rings is 1. The van der Waals surface area contributed by atoms with Crippen LogP contribution >= 0.6 is 0 Å². The van der Waals surface area contributed by atoms with Gasteiger partial charge in [-0.15, -0.1) is 0 Å². The van der Waals surface area contributed by atoms with Gasteiger partial charge in [0.25, 0.3) is 12.4 Å². The highest BCUT2D eigenvalue weighted by Gasteiger charge is 2.38. The summed E-state index contributed by atoms with van der Waals surface area (Å²) in [7, 11) is 0. The van der Waals surface area contributed by atoms with Crippen molar-refractivity contribution in [2.75, 3.05) is 39.4 Å². The summed E-state index contributed by atoms with van der Waals surface area (Å²) in [6.45, 7) is 5.60. The van der Waals surface area contributed by atoms with Crippen LogP contribution in [0.1, 0.15) is 16.2 Å². The summed E-state index contributed by atoms with van der Waals surface area (Å²) in [5.74, 6) is -0.118. The lowest BCUT2D eigenvalue weighted by atomic mass is 10.2. The van der Waals surface area contributed by atoms with Gasteiger partial charge < -0.3 is 24.3 Å². The van der Waals surface area contributed by atoms with Crippen molar-refractivity contribution in [1.82, 2.24) is 19.2 Å². The zero-order valence-corrected chi connectivity index (χ0v) is 15.2. The van der Waals surface area contributed by atoms with Crippen molar-refractivity contribution >= 4 is 18.0 Å². The lowest BCUT2D eigenvalue weighted by Gasteiger charge is -2.33. The third-order valence-electron chi connectivity index (χ3n) is 4.98. The molecule has 2 aliphatic rings. The maximum absolute atomic E-state index is 12.8. The number of aliphatic hydroxyl groups is 1. The lowest BCUT2D eigenvalue weighted by Crippen LogP contribution is -2.49. The molecule has 2 saturated heterocycles. The molecular formula is C18H24N4O5. The van der Waals surface area contributed by atoms with E-state index in [0.717, 1.165) is 24.4 Å². The van der Waals surface area contributed by atoms with Gasteiger partial charge in [-0.1, -0.05) is 6.07 Å². The maximum atomic E-state index is 12.8. The Morgan fingerprint density at radius 2 is 2.00 bits per heavy atom. The number of amides is 1. The highest BCUT2D eigenvalue weighted by atomic mass is 16.5. The van der Waals surface area contributed by atoms with E-state index in [1.807, 2.05) is 29.5 Å². The zero-order chi connectivity index (χ0) is 19.4. The normalized spacial score (nSPS) is 23.1. The fraction of sp³-hybridized carbons (Fsp3) is 0.500. The van der Waals surface area contributed by atoms with E-state index in [4.69, 9.17) is 14.6 Å². The molecule has 9 heteroatoms. The van der Waals surface area contributed by atoms with Crippen molar-refractivity contribution in [3.8, 4) is 0 Å². The topological polar surface area (TPSA) is 108 Å². The summed E-state index contributed by atoms with van der Waals surface area (Å²) in [4.78, 5) is 29.5. The molecule has 2 atom stereocenters. The summed E-state index contributed by atoms with van der Waals surface area (Å²) in [5.41, 5.74) is 2.23. The average molecular weight is 376 g/mol. The first-order valence-corrected chi connectivity index (χ1v) is 8.87. The molecule has 0 radical (unpaired) electrons. The zero-order valence-electron chi connectivity index (χ0n) is 15.2. The van der Waals surface area contributed by atoms with Gasteiger partial charge in [0.15, 0.2) is 0 Å². The Bertz CT molecular complexity index is 802. The van der Waals surface area contributed by atoms with Crippen LogP contribution in [-0.2, 0) is 9.53 Å². The average Bonchev–Trinajstić information content (AvgIpc) is 3.27. The van der Waals surface area contributed by atoms with Crippen LogP contribution in [0, 0.1) is 6.92 Å². The smallest absolute Gasteiger partial charge is 0.290 e. The van der Waals surface area contributed by atoms with E-state index in [-0.39, 0.29) is 18.4 Å². The number of aromatic nitrogens is 2. The molecule has 0 aliphatic carbocycles. The second-order valence-corrected chi connectivity index (χ2v) is 6.62. The van der Waals surface area contributed by atoms with Crippen LogP contribution in [0.4, 0.5) is 0 Å². The SMILES string of the molecule is Cc1cccc2nc(C(=O)N3C[C@@H](O)[C@H](N4CCOCC4)C3)cn12.O=CO. The van der Waals surface area contributed by atoms with Crippen molar-refractivity contribution in [3.05, 3.63) is 35.8 Å². The molecule has 0 bridgehead atoms. The molecule has 0 spiro atoms. The number of pyridine rings is 1. The first-order chi connectivity index (χ1) is 13.0. The molecule has 1 amide bonds. The van der Waals surface area contributed by atoms with Crippen LogP contribution in [0.5, 0.6) is 0 Å². The van der Waals surface area contributed by atoms with Crippen molar-refractivity contribution in [2.24, 2.45) is 0 Å². The number of ether oxygens (including phenoxy) is 1. The first-order valence-electron chi connectivity index (χ1n) is 8.87. The molecule has 2 N–H and O–H groups in total. The Labute approximate surface area is 156 Å². The van der Waals surface area contributed by atoms with Crippen LogP contribution < -0.4 is 0 Å². The molecule has 0 aromatic carbocycles. The predicted molar refractivity (Wildman–Crippen MR) is 96.7 cm³/mol. The van der Waals surface area contributed by atoms with Gasteiger partial charge >= 0.3 is 0 Å². The fourth-order valence-electron chi connectivity index (χ4n) is 3.62. The number of aryl methyl sites for hydroxylation is 1. The predicted octanol–water partition coefficient (Wildman–Crippen LogP) is -0.139. The molecule has 2 aromatic heterocycles. The second-order valence-electron chi connectivity index (χ2n) is 6.62. The molecule has 4 rings (SSSR count). The van der Waals surface area contributed by atoms with Crippen LogP contribution in [-0.4, -0.2) is 93.3 Å². The number of nitrogens with zero attached hydrogens (tertiary/aromatic N) is 4. The van der Waals surface area contributed by atoms with E-state index in [1.165, 1.54) is 0 Å². The Hall–Kier alpha value is -2.49. The molecular weight excluding hydrogens is 352 g/mol. The van der Waals surface area contributed by atoms with Crippen molar-refractivity contribution in [1.29, 1.82) is 0 Å². The van der Waals surface area contributed by atoms with Gasteiger partial charge in [-0.05, 0) is 19.1 Å². The van der Waals surface area contributed by atoms with E-state index < -0.39 is 6.10 Å².